The van der Waals surface area contributed by atoms with E-state index in [0.29, 0.717) is 0 Å². The molecule has 5 nitrogen and oxygen atoms in total. The molecule has 8 heteroatoms. The third kappa shape index (κ3) is 3.01. The van der Waals surface area contributed by atoms with Crippen molar-refractivity contribution in [1.82, 2.24) is 0 Å². The molecule has 1 N–H and O–H groups in total. The molecule has 0 spiro atoms. The van der Waals surface area contributed by atoms with Gasteiger partial charge in [-0.15, -0.1) is 0 Å². The lowest BCUT2D eigenvalue weighted by Crippen LogP contribution is -2.37. The van der Waals surface area contributed by atoms with E-state index in [1.54, 1.807) is 12.2 Å². The molecule has 24 heavy (non-hydrogen) atoms. The number of halogens is 3. The van der Waals surface area contributed by atoms with Gasteiger partial charge < -0.3 is 14.6 Å². The highest BCUT2D eigenvalue weighted by Gasteiger charge is 2.54. The number of aliphatic carboxylic acids is 1. The van der Waals surface area contributed by atoms with Gasteiger partial charge in [0.2, 0.25) is 0 Å². The summed E-state index contributed by atoms with van der Waals surface area (Å²) in [5.74, 6) is -4.01. The highest BCUT2D eigenvalue weighted by atomic mass is 19.4. The van der Waals surface area contributed by atoms with Crippen molar-refractivity contribution < 1.29 is 37.3 Å². The second-order valence-electron chi connectivity index (χ2n) is 5.65. The van der Waals surface area contributed by atoms with E-state index in [0.717, 1.165) is 12.1 Å². The molecule has 3 rings (SSSR count). The Bertz CT molecular complexity index is 697. The van der Waals surface area contributed by atoms with E-state index in [9.17, 15) is 27.9 Å². The van der Waals surface area contributed by atoms with Crippen molar-refractivity contribution in [2.75, 3.05) is 0 Å². The van der Waals surface area contributed by atoms with Crippen LogP contribution < -0.4 is 0 Å². The molecule has 0 aliphatic carbocycles. The number of ether oxygens (including phenoxy) is 2. The summed E-state index contributed by atoms with van der Waals surface area (Å²) < 4.78 is 48.4. The lowest BCUT2D eigenvalue weighted by atomic mass is 9.83. The highest BCUT2D eigenvalue weighted by molar-refractivity contribution is 5.84. The van der Waals surface area contributed by atoms with Crippen molar-refractivity contribution >= 4 is 11.9 Å². The number of carbonyl (C=O) groups excluding carboxylic acids is 1. The van der Waals surface area contributed by atoms with E-state index in [1.165, 1.54) is 12.1 Å². The summed E-state index contributed by atoms with van der Waals surface area (Å²) in [5, 5.41) is 9.22. The van der Waals surface area contributed by atoms with Crippen LogP contribution in [0.3, 0.4) is 0 Å². The summed E-state index contributed by atoms with van der Waals surface area (Å²) in [7, 11) is 0. The van der Waals surface area contributed by atoms with Crippen LogP contribution >= 0.6 is 0 Å². The van der Waals surface area contributed by atoms with Crippen molar-refractivity contribution in [3.8, 4) is 0 Å². The summed E-state index contributed by atoms with van der Waals surface area (Å²) in [5.41, 5.74) is -0.671. The van der Waals surface area contributed by atoms with Crippen LogP contribution in [0.25, 0.3) is 0 Å². The molecule has 0 amide bonds. The third-order valence-electron chi connectivity index (χ3n) is 4.09. The van der Waals surface area contributed by atoms with Gasteiger partial charge in [0.25, 0.3) is 0 Å². The number of alkyl halides is 3. The van der Waals surface area contributed by atoms with Crippen LogP contribution in [0, 0.1) is 11.8 Å². The molecule has 2 heterocycles. The number of carboxylic acids is 1. The number of fused-ring (bicyclic) bond motifs is 2. The van der Waals surface area contributed by atoms with Gasteiger partial charge in [0, 0.05) is 0 Å². The molecule has 2 bridgehead atoms. The minimum atomic E-state index is -4.49. The smallest absolute Gasteiger partial charge is 0.416 e. The zero-order chi connectivity index (χ0) is 17.5. The van der Waals surface area contributed by atoms with Crippen LogP contribution in [0.5, 0.6) is 0 Å². The first-order valence-electron chi connectivity index (χ1n) is 7.17. The molecule has 1 aromatic carbocycles. The van der Waals surface area contributed by atoms with Crippen molar-refractivity contribution in [3.63, 3.8) is 0 Å². The Labute approximate surface area is 134 Å². The number of hydrogen-bond donors (Lipinski definition) is 1. The van der Waals surface area contributed by atoms with Crippen molar-refractivity contribution in [3.05, 3.63) is 47.5 Å². The maximum Gasteiger partial charge on any atom is 0.416 e. The van der Waals surface area contributed by atoms with Gasteiger partial charge in [-0.05, 0) is 17.7 Å². The number of benzene rings is 1. The van der Waals surface area contributed by atoms with Crippen molar-refractivity contribution in [2.24, 2.45) is 11.8 Å². The number of esters is 1. The van der Waals surface area contributed by atoms with E-state index in [2.05, 4.69) is 0 Å². The zero-order valence-electron chi connectivity index (χ0n) is 12.2. The number of carbonyl (C=O) groups is 2. The fourth-order valence-electron chi connectivity index (χ4n) is 2.97. The minimum Gasteiger partial charge on any atom is -0.481 e. The summed E-state index contributed by atoms with van der Waals surface area (Å²) in [6, 6.07) is 4.42. The Morgan fingerprint density at radius 2 is 1.83 bits per heavy atom. The van der Waals surface area contributed by atoms with Crippen LogP contribution in [0.1, 0.15) is 11.1 Å². The van der Waals surface area contributed by atoms with Gasteiger partial charge in [0.15, 0.2) is 0 Å². The largest absolute Gasteiger partial charge is 0.481 e. The van der Waals surface area contributed by atoms with Gasteiger partial charge in [-0.2, -0.15) is 13.2 Å². The van der Waals surface area contributed by atoms with Gasteiger partial charge in [-0.25, -0.2) is 0 Å². The van der Waals surface area contributed by atoms with E-state index >= 15 is 0 Å². The Balaban J connectivity index is 1.68. The van der Waals surface area contributed by atoms with E-state index in [1.807, 2.05) is 0 Å². The van der Waals surface area contributed by atoms with Crippen molar-refractivity contribution in [2.45, 2.75) is 25.0 Å². The van der Waals surface area contributed by atoms with Gasteiger partial charge in [0.1, 0.15) is 18.4 Å². The quantitative estimate of drug-likeness (QED) is 0.672. The maximum atomic E-state index is 12.7. The monoisotopic (exact) mass is 342 g/mol. The van der Waals surface area contributed by atoms with Crippen LogP contribution in [-0.4, -0.2) is 29.3 Å². The SMILES string of the molecule is O=C(O)C1C2C=CC(O2)C1C(=O)OCc1cccc(C(F)(F)F)c1. The molecule has 2 aliphatic heterocycles. The second kappa shape index (κ2) is 5.94. The van der Waals surface area contributed by atoms with Gasteiger partial charge in [-0.3, -0.25) is 9.59 Å². The summed E-state index contributed by atoms with van der Waals surface area (Å²) in [6.07, 6.45) is -2.67. The molecule has 4 unspecified atom stereocenters. The first-order valence-corrected chi connectivity index (χ1v) is 7.17. The molecule has 0 radical (unpaired) electrons. The number of hydrogen-bond acceptors (Lipinski definition) is 4. The topological polar surface area (TPSA) is 72.8 Å². The first kappa shape index (κ1) is 16.5. The summed E-state index contributed by atoms with van der Waals surface area (Å²) >= 11 is 0. The van der Waals surface area contributed by atoms with Crippen LogP contribution in [0.2, 0.25) is 0 Å². The number of carboxylic acid groups (broad SMARTS) is 1. The fourth-order valence-corrected chi connectivity index (χ4v) is 2.97. The molecule has 0 aromatic heterocycles. The normalized spacial score (nSPS) is 28.1. The minimum absolute atomic E-state index is 0.171. The maximum absolute atomic E-state index is 12.7. The molecule has 0 saturated carbocycles. The molecule has 128 valence electrons. The van der Waals surface area contributed by atoms with Gasteiger partial charge in [-0.1, -0.05) is 24.3 Å². The Morgan fingerprint density at radius 1 is 1.17 bits per heavy atom. The van der Waals surface area contributed by atoms with E-state index in [4.69, 9.17) is 9.47 Å². The molecule has 1 fully saturated rings. The standard InChI is InChI=1S/C16H13F3O5/c17-16(18,19)9-3-1-2-8(6-9)7-23-15(22)13-11-5-4-10(24-11)12(13)14(20)21/h1-6,10-13H,7H2,(H,20,21). The van der Waals surface area contributed by atoms with Crippen molar-refractivity contribution in [1.29, 1.82) is 0 Å². The lowest BCUT2D eigenvalue weighted by Gasteiger charge is -2.20. The Hall–Kier alpha value is -2.35. The average Bonchev–Trinajstić information content (AvgIpc) is 3.13. The average molecular weight is 342 g/mol. The third-order valence-corrected chi connectivity index (χ3v) is 4.09. The molecule has 4 atom stereocenters. The van der Waals surface area contributed by atoms with Gasteiger partial charge in [0.05, 0.1) is 17.8 Å². The Kier molecular flexibility index (Phi) is 4.08. The number of rotatable bonds is 4. The highest BCUT2D eigenvalue weighted by Crippen LogP contribution is 2.40. The van der Waals surface area contributed by atoms with Crippen LogP contribution in [0.15, 0.2) is 36.4 Å². The van der Waals surface area contributed by atoms with Crippen LogP contribution in [0.4, 0.5) is 13.2 Å². The molecular formula is C16H13F3O5. The van der Waals surface area contributed by atoms with E-state index < -0.39 is 47.7 Å². The second-order valence-corrected chi connectivity index (χ2v) is 5.65. The summed E-state index contributed by atoms with van der Waals surface area (Å²) in [6.45, 7) is -0.368. The molecule has 2 aliphatic rings. The fraction of sp³-hybridized carbons (Fsp3) is 0.375. The Morgan fingerprint density at radius 3 is 2.46 bits per heavy atom. The lowest BCUT2D eigenvalue weighted by molar-refractivity contribution is -0.157. The first-order chi connectivity index (χ1) is 11.3. The van der Waals surface area contributed by atoms with E-state index in [-0.39, 0.29) is 12.2 Å². The predicted octanol–water partition coefficient (Wildman–Crippen LogP) is 2.40. The molecule has 1 aromatic rings. The van der Waals surface area contributed by atoms with Crippen LogP contribution in [-0.2, 0) is 31.8 Å². The van der Waals surface area contributed by atoms with Gasteiger partial charge >= 0.3 is 18.1 Å². The molecular weight excluding hydrogens is 329 g/mol. The predicted molar refractivity (Wildman–Crippen MR) is 73.7 cm³/mol. The summed E-state index contributed by atoms with van der Waals surface area (Å²) in [4.78, 5) is 23.5. The molecule has 1 saturated heterocycles. The zero-order valence-corrected chi connectivity index (χ0v) is 12.2.